The molecule has 1 unspecified atom stereocenters. The van der Waals surface area contributed by atoms with E-state index in [4.69, 9.17) is 9.78 Å². The van der Waals surface area contributed by atoms with Crippen molar-refractivity contribution in [1.82, 2.24) is 0 Å². The third-order valence-electron chi connectivity index (χ3n) is 4.48. The standard InChI is InChI=1S/C20H40O3/c1-4-7-9-10-11-12-13-14-15-17-20(21)23-22-18-19(6-3)16-8-5-2/h19H,4-18H2,1-3H3. The predicted molar refractivity (Wildman–Crippen MR) is 97.2 cm³/mol. The normalized spacial score (nSPS) is 12.3. The van der Waals surface area contributed by atoms with Crippen LogP contribution in [0.3, 0.4) is 0 Å². The highest BCUT2D eigenvalue weighted by atomic mass is 17.2. The fraction of sp³-hybridized carbons (Fsp3) is 0.950. The van der Waals surface area contributed by atoms with Gasteiger partial charge in [-0.2, -0.15) is 4.89 Å². The second-order valence-corrected chi connectivity index (χ2v) is 6.73. The summed E-state index contributed by atoms with van der Waals surface area (Å²) in [6.07, 6.45) is 16.5. The molecular formula is C20H40O3. The van der Waals surface area contributed by atoms with Crippen molar-refractivity contribution in [3.05, 3.63) is 0 Å². The molecule has 0 amide bonds. The number of unbranched alkanes of at least 4 members (excludes halogenated alkanes) is 9. The van der Waals surface area contributed by atoms with Gasteiger partial charge in [0.1, 0.15) is 0 Å². The monoisotopic (exact) mass is 328 g/mol. The van der Waals surface area contributed by atoms with Crippen molar-refractivity contribution in [2.75, 3.05) is 6.61 Å². The zero-order valence-electron chi connectivity index (χ0n) is 15.9. The van der Waals surface area contributed by atoms with Crippen LogP contribution in [0.25, 0.3) is 0 Å². The van der Waals surface area contributed by atoms with Gasteiger partial charge in [-0.05, 0) is 18.8 Å². The van der Waals surface area contributed by atoms with Gasteiger partial charge in [0.05, 0.1) is 6.61 Å². The molecule has 0 aromatic rings. The quantitative estimate of drug-likeness (QED) is 0.171. The summed E-state index contributed by atoms with van der Waals surface area (Å²) in [6.45, 7) is 7.14. The Kier molecular flexibility index (Phi) is 17.3. The van der Waals surface area contributed by atoms with Gasteiger partial charge in [-0.25, -0.2) is 4.79 Å². The first-order chi connectivity index (χ1) is 11.2. The van der Waals surface area contributed by atoms with Crippen LogP contribution >= 0.6 is 0 Å². The highest BCUT2D eigenvalue weighted by Crippen LogP contribution is 2.14. The molecule has 0 radical (unpaired) electrons. The maximum atomic E-state index is 11.6. The molecular weight excluding hydrogens is 288 g/mol. The summed E-state index contributed by atoms with van der Waals surface area (Å²) < 4.78 is 0. The van der Waals surface area contributed by atoms with E-state index in [9.17, 15) is 4.79 Å². The van der Waals surface area contributed by atoms with E-state index in [1.807, 2.05) is 0 Å². The van der Waals surface area contributed by atoms with Crippen molar-refractivity contribution < 1.29 is 14.6 Å². The number of rotatable bonds is 17. The average molecular weight is 329 g/mol. The van der Waals surface area contributed by atoms with Gasteiger partial charge in [0.15, 0.2) is 0 Å². The molecule has 0 saturated heterocycles. The van der Waals surface area contributed by atoms with Crippen molar-refractivity contribution in [3.63, 3.8) is 0 Å². The molecule has 0 aliphatic rings. The Morgan fingerprint density at radius 2 is 1.35 bits per heavy atom. The SMILES string of the molecule is CCCCCCCCCCCC(=O)OOCC(CC)CCCC. The third kappa shape index (κ3) is 16.1. The second kappa shape index (κ2) is 17.8. The molecule has 3 heteroatoms. The van der Waals surface area contributed by atoms with E-state index in [0.717, 1.165) is 25.7 Å². The molecule has 0 aliphatic heterocycles. The van der Waals surface area contributed by atoms with Crippen molar-refractivity contribution in [2.24, 2.45) is 5.92 Å². The summed E-state index contributed by atoms with van der Waals surface area (Å²) in [4.78, 5) is 21.6. The molecule has 0 saturated carbocycles. The molecule has 0 bridgehead atoms. The molecule has 0 aromatic carbocycles. The lowest BCUT2D eigenvalue weighted by Gasteiger charge is -2.13. The smallest absolute Gasteiger partial charge is 0.298 e. The van der Waals surface area contributed by atoms with Crippen LogP contribution in [0, 0.1) is 5.92 Å². The van der Waals surface area contributed by atoms with Crippen molar-refractivity contribution in [3.8, 4) is 0 Å². The van der Waals surface area contributed by atoms with E-state index in [2.05, 4.69) is 20.8 Å². The predicted octanol–water partition coefficient (Wildman–Crippen LogP) is 6.60. The van der Waals surface area contributed by atoms with E-state index >= 15 is 0 Å². The number of carbonyl (C=O) groups is 1. The van der Waals surface area contributed by atoms with Gasteiger partial charge in [0.2, 0.25) is 0 Å². The Morgan fingerprint density at radius 3 is 1.91 bits per heavy atom. The van der Waals surface area contributed by atoms with E-state index in [1.54, 1.807) is 0 Å². The molecule has 0 aliphatic carbocycles. The van der Waals surface area contributed by atoms with E-state index in [0.29, 0.717) is 18.9 Å². The maximum Gasteiger partial charge on any atom is 0.342 e. The highest BCUT2D eigenvalue weighted by Gasteiger charge is 2.09. The molecule has 0 spiro atoms. The Bertz CT molecular complexity index is 253. The third-order valence-corrected chi connectivity index (χ3v) is 4.48. The van der Waals surface area contributed by atoms with Gasteiger partial charge in [0, 0.05) is 6.42 Å². The summed E-state index contributed by atoms with van der Waals surface area (Å²) in [7, 11) is 0. The van der Waals surface area contributed by atoms with Crippen LogP contribution in [0.1, 0.15) is 111 Å². The number of hydrogen-bond donors (Lipinski definition) is 0. The van der Waals surface area contributed by atoms with Crippen LogP contribution in [0.4, 0.5) is 0 Å². The lowest BCUT2D eigenvalue weighted by atomic mass is 10.0. The van der Waals surface area contributed by atoms with Crippen LogP contribution in [-0.2, 0) is 14.6 Å². The minimum atomic E-state index is -0.210. The van der Waals surface area contributed by atoms with E-state index in [-0.39, 0.29) is 5.97 Å². The molecule has 0 N–H and O–H groups in total. The van der Waals surface area contributed by atoms with E-state index in [1.165, 1.54) is 57.8 Å². The number of hydrogen-bond acceptors (Lipinski definition) is 3. The van der Waals surface area contributed by atoms with Crippen molar-refractivity contribution in [2.45, 2.75) is 111 Å². The lowest BCUT2D eigenvalue weighted by molar-refractivity contribution is -0.278. The fourth-order valence-corrected chi connectivity index (χ4v) is 2.72. The Morgan fingerprint density at radius 1 is 0.783 bits per heavy atom. The average Bonchev–Trinajstić information content (AvgIpc) is 2.56. The molecule has 0 aromatic heterocycles. The summed E-state index contributed by atoms with van der Waals surface area (Å²) >= 11 is 0. The minimum Gasteiger partial charge on any atom is -0.298 e. The molecule has 0 fully saturated rings. The first-order valence-corrected chi connectivity index (χ1v) is 10.1. The Hall–Kier alpha value is -0.570. The van der Waals surface area contributed by atoms with Gasteiger partial charge >= 0.3 is 5.97 Å². The van der Waals surface area contributed by atoms with Gasteiger partial charge in [-0.15, -0.1) is 0 Å². The summed E-state index contributed by atoms with van der Waals surface area (Å²) in [5.41, 5.74) is 0. The zero-order chi connectivity index (χ0) is 17.2. The van der Waals surface area contributed by atoms with E-state index < -0.39 is 0 Å². The topological polar surface area (TPSA) is 35.5 Å². The van der Waals surface area contributed by atoms with Gasteiger partial charge in [0.25, 0.3) is 0 Å². The Labute approximate surface area is 144 Å². The first-order valence-electron chi connectivity index (χ1n) is 10.1. The van der Waals surface area contributed by atoms with Crippen LogP contribution < -0.4 is 0 Å². The minimum absolute atomic E-state index is 0.210. The summed E-state index contributed by atoms with van der Waals surface area (Å²) in [5.74, 6) is 0.300. The van der Waals surface area contributed by atoms with Crippen LogP contribution in [0.15, 0.2) is 0 Å². The first kappa shape index (κ1) is 22.4. The van der Waals surface area contributed by atoms with Gasteiger partial charge < -0.3 is 0 Å². The van der Waals surface area contributed by atoms with Crippen molar-refractivity contribution in [1.29, 1.82) is 0 Å². The summed E-state index contributed by atoms with van der Waals surface area (Å²) in [6, 6.07) is 0. The molecule has 138 valence electrons. The summed E-state index contributed by atoms with van der Waals surface area (Å²) in [5, 5.41) is 0. The molecule has 23 heavy (non-hydrogen) atoms. The zero-order valence-corrected chi connectivity index (χ0v) is 15.9. The molecule has 3 nitrogen and oxygen atoms in total. The highest BCUT2D eigenvalue weighted by molar-refractivity contribution is 5.68. The lowest BCUT2D eigenvalue weighted by Crippen LogP contribution is -2.12. The van der Waals surface area contributed by atoms with Gasteiger partial charge in [-0.3, -0.25) is 4.89 Å². The number of carbonyl (C=O) groups excluding carboxylic acids is 1. The molecule has 0 rings (SSSR count). The van der Waals surface area contributed by atoms with Crippen molar-refractivity contribution >= 4 is 5.97 Å². The molecule has 1 atom stereocenters. The van der Waals surface area contributed by atoms with Crippen LogP contribution in [-0.4, -0.2) is 12.6 Å². The fourth-order valence-electron chi connectivity index (χ4n) is 2.72. The van der Waals surface area contributed by atoms with Gasteiger partial charge in [-0.1, -0.05) is 91.4 Å². The second-order valence-electron chi connectivity index (χ2n) is 6.73. The van der Waals surface area contributed by atoms with Crippen LogP contribution in [0.2, 0.25) is 0 Å². The largest absolute Gasteiger partial charge is 0.342 e. The Balaban J connectivity index is 3.36. The van der Waals surface area contributed by atoms with Crippen LogP contribution in [0.5, 0.6) is 0 Å². The maximum absolute atomic E-state index is 11.6. The molecule has 0 heterocycles.